The van der Waals surface area contributed by atoms with Crippen molar-refractivity contribution in [3.8, 4) is 11.5 Å². The number of benzene rings is 1. The van der Waals surface area contributed by atoms with E-state index in [9.17, 15) is 4.79 Å². The van der Waals surface area contributed by atoms with Crippen LogP contribution in [0.1, 0.15) is 36.5 Å². The molecule has 0 bridgehead atoms. The van der Waals surface area contributed by atoms with Gasteiger partial charge in [0.15, 0.2) is 0 Å². The van der Waals surface area contributed by atoms with E-state index < -0.39 is 0 Å². The smallest absolute Gasteiger partial charge is 0.258 e. The van der Waals surface area contributed by atoms with Crippen LogP contribution in [0.2, 0.25) is 0 Å². The highest BCUT2D eigenvalue weighted by molar-refractivity contribution is 5.97. The Morgan fingerprint density at radius 3 is 2.59 bits per heavy atom. The number of amides is 1. The molecule has 1 aromatic rings. The van der Waals surface area contributed by atoms with Crippen molar-refractivity contribution < 1.29 is 14.3 Å². The molecule has 5 nitrogen and oxygen atoms in total. The molecule has 0 atom stereocenters. The van der Waals surface area contributed by atoms with Gasteiger partial charge in [-0.25, -0.2) is 0 Å². The first kappa shape index (κ1) is 16.6. The second-order valence-electron chi connectivity index (χ2n) is 5.55. The summed E-state index contributed by atoms with van der Waals surface area (Å²) < 4.78 is 10.6. The topological polar surface area (TPSA) is 50.8 Å². The molecule has 5 heteroatoms. The zero-order valence-corrected chi connectivity index (χ0v) is 13.7. The first-order valence-electron chi connectivity index (χ1n) is 7.95. The van der Waals surface area contributed by atoms with E-state index in [4.69, 9.17) is 9.47 Å². The summed E-state index contributed by atoms with van der Waals surface area (Å²) in [6, 6.07) is 5.66. The second kappa shape index (κ2) is 8.03. The third kappa shape index (κ3) is 3.71. The van der Waals surface area contributed by atoms with Crippen molar-refractivity contribution in [3.05, 3.63) is 23.8 Å². The Morgan fingerprint density at radius 2 is 2.00 bits per heavy atom. The van der Waals surface area contributed by atoms with Crippen molar-refractivity contribution in [1.82, 2.24) is 10.2 Å². The summed E-state index contributed by atoms with van der Waals surface area (Å²) in [6.45, 7) is 4.80. The standard InChI is InChI=1S/C17H26N2O3/c1-4-11-19(13-7-9-18-10-8-13)17(20)15-12-14(21-2)5-6-16(15)22-3/h5-6,12-13,18H,4,7-11H2,1-3H3. The molecule has 0 aromatic heterocycles. The van der Waals surface area contributed by atoms with Crippen LogP contribution in [0.15, 0.2) is 18.2 Å². The van der Waals surface area contributed by atoms with Crippen molar-refractivity contribution in [2.45, 2.75) is 32.2 Å². The lowest BCUT2D eigenvalue weighted by atomic mass is 10.0. The van der Waals surface area contributed by atoms with Gasteiger partial charge in [-0.05, 0) is 50.6 Å². The second-order valence-corrected chi connectivity index (χ2v) is 5.55. The highest BCUT2D eigenvalue weighted by Crippen LogP contribution is 2.27. The van der Waals surface area contributed by atoms with Crippen LogP contribution in [-0.2, 0) is 0 Å². The number of piperidine rings is 1. The lowest BCUT2D eigenvalue weighted by molar-refractivity contribution is 0.0639. The van der Waals surface area contributed by atoms with Crippen LogP contribution in [0.25, 0.3) is 0 Å². The minimum Gasteiger partial charge on any atom is -0.497 e. The molecule has 0 saturated carbocycles. The molecule has 122 valence electrons. The van der Waals surface area contributed by atoms with E-state index in [-0.39, 0.29) is 5.91 Å². The van der Waals surface area contributed by atoms with Gasteiger partial charge in [0.05, 0.1) is 19.8 Å². The predicted molar refractivity (Wildman–Crippen MR) is 86.8 cm³/mol. The molecule has 2 rings (SSSR count). The first-order valence-corrected chi connectivity index (χ1v) is 7.95. The molecule has 1 aromatic carbocycles. The fourth-order valence-corrected chi connectivity index (χ4v) is 2.95. The molecule has 1 fully saturated rings. The van der Waals surface area contributed by atoms with Gasteiger partial charge >= 0.3 is 0 Å². The summed E-state index contributed by atoms with van der Waals surface area (Å²) in [7, 11) is 3.19. The Labute approximate surface area is 132 Å². The largest absolute Gasteiger partial charge is 0.497 e. The van der Waals surface area contributed by atoms with Gasteiger partial charge < -0.3 is 19.7 Å². The number of ether oxygens (including phenoxy) is 2. The van der Waals surface area contributed by atoms with Crippen LogP contribution in [0.4, 0.5) is 0 Å². The summed E-state index contributed by atoms with van der Waals surface area (Å²) in [6.07, 6.45) is 2.94. The van der Waals surface area contributed by atoms with Gasteiger partial charge in [-0.15, -0.1) is 0 Å². The molecule has 1 heterocycles. The van der Waals surface area contributed by atoms with Gasteiger partial charge in [0.1, 0.15) is 11.5 Å². The van der Waals surface area contributed by atoms with Crippen LogP contribution >= 0.6 is 0 Å². The van der Waals surface area contributed by atoms with Gasteiger partial charge in [-0.1, -0.05) is 6.92 Å². The lowest BCUT2D eigenvalue weighted by Gasteiger charge is -2.35. The van der Waals surface area contributed by atoms with Gasteiger partial charge in [0.2, 0.25) is 0 Å². The number of carbonyl (C=O) groups excluding carboxylic acids is 1. The number of hydrogen-bond acceptors (Lipinski definition) is 4. The number of nitrogens with one attached hydrogen (secondary N) is 1. The average molecular weight is 306 g/mol. The van der Waals surface area contributed by atoms with Gasteiger partial charge in [0.25, 0.3) is 5.91 Å². The molecule has 1 N–H and O–H groups in total. The maximum atomic E-state index is 13.1. The van der Waals surface area contributed by atoms with E-state index in [1.165, 1.54) is 0 Å². The zero-order chi connectivity index (χ0) is 15.9. The number of methoxy groups -OCH3 is 2. The Kier molecular flexibility index (Phi) is 6.07. The maximum Gasteiger partial charge on any atom is 0.258 e. The van der Waals surface area contributed by atoms with Crippen molar-refractivity contribution in [2.75, 3.05) is 33.9 Å². The molecule has 0 aliphatic carbocycles. The SMILES string of the molecule is CCCN(C(=O)c1cc(OC)ccc1OC)C1CCNCC1. The van der Waals surface area contributed by atoms with E-state index in [0.29, 0.717) is 23.1 Å². The molecule has 1 aliphatic rings. The molecule has 0 spiro atoms. The van der Waals surface area contributed by atoms with E-state index in [1.54, 1.807) is 26.4 Å². The van der Waals surface area contributed by atoms with E-state index >= 15 is 0 Å². The van der Waals surface area contributed by atoms with E-state index in [0.717, 1.165) is 38.9 Å². The molecule has 1 saturated heterocycles. The average Bonchev–Trinajstić information content (AvgIpc) is 2.59. The minimum atomic E-state index is 0.0319. The van der Waals surface area contributed by atoms with E-state index in [2.05, 4.69) is 12.2 Å². The minimum absolute atomic E-state index is 0.0319. The molecule has 1 aliphatic heterocycles. The molecular formula is C17H26N2O3. The Bertz CT molecular complexity index is 499. The van der Waals surface area contributed by atoms with Crippen molar-refractivity contribution >= 4 is 5.91 Å². The maximum absolute atomic E-state index is 13.1. The Balaban J connectivity index is 2.29. The molecule has 0 unspecified atom stereocenters. The van der Waals surface area contributed by atoms with Gasteiger partial charge in [-0.3, -0.25) is 4.79 Å². The van der Waals surface area contributed by atoms with Crippen molar-refractivity contribution in [3.63, 3.8) is 0 Å². The summed E-state index contributed by atoms with van der Waals surface area (Å²) in [4.78, 5) is 15.1. The fourth-order valence-electron chi connectivity index (χ4n) is 2.95. The van der Waals surface area contributed by atoms with Gasteiger partial charge in [0, 0.05) is 12.6 Å². The summed E-state index contributed by atoms with van der Waals surface area (Å²) in [5.74, 6) is 1.30. The Hall–Kier alpha value is -1.75. The third-order valence-corrected chi connectivity index (χ3v) is 4.11. The molecular weight excluding hydrogens is 280 g/mol. The fraction of sp³-hybridized carbons (Fsp3) is 0.588. The number of hydrogen-bond donors (Lipinski definition) is 1. The lowest BCUT2D eigenvalue weighted by Crippen LogP contribution is -2.46. The predicted octanol–water partition coefficient (Wildman–Crippen LogP) is 2.31. The molecule has 22 heavy (non-hydrogen) atoms. The van der Waals surface area contributed by atoms with Crippen LogP contribution in [0.3, 0.4) is 0 Å². The summed E-state index contributed by atoms with van der Waals surface area (Å²) in [5, 5.41) is 3.35. The number of rotatable bonds is 6. The van der Waals surface area contributed by atoms with Gasteiger partial charge in [-0.2, -0.15) is 0 Å². The van der Waals surface area contributed by atoms with Crippen LogP contribution in [0, 0.1) is 0 Å². The Morgan fingerprint density at radius 1 is 1.27 bits per heavy atom. The normalized spacial score (nSPS) is 15.4. The van der Waals surface area contributed by atoms with Crippen LogP contribution in [-0.4, -0.2) is 50.7 Å². The highest BCUT2D eigenvalue weighted by atomic mass is 16.5. The molecule has 1 amide bonds. The van der Waals surface area contributed by atoms with Crippen LogP contribution < -0.4 is 14.8 Å². The highest BCUT2D eigenvalue weighted by Gasteiger charge is 2.27. The molecule has 0 radical (unpaired) electrons. The quantitative estimate of drug-likeness (QED) is 0.876. The van der Waals surface area contributed by atoms with Crippen molar-refractivity contribution in [1.29, 1.82) is 0 Å². The number of nitrogens with zero attached hydrogens (tertiary/aromatic N) is 1. The number of carbonyl (C=O) groups is 1. The third-order valence-electron chi connectivity index (χ3n) is 4.11. The van der Waals surface area contributed by atoms with E-state index in [1.807, 2.05) is 11.0 Å². The summed E-state index contributed by atoms with van der Waals surface area (Å²) in [5.41, 5.74) is 0.578. The van der Waals surface area contributed by atoms with Crippen molar-refractivity contribution in [2.24, 2.45) is 0 Å². The summed E-state index contributed by atoms with van der Waals surface area (Å²) >= 11 is 0. The first-order chi connectivity index (χ1) is 10.7. The monoisotopic (exact) mass is 306 g/mol. The van der Waals surface area contributed by atoms with Crippen LogP contribution in [0.5, 0.6) is 11.5 Å². The zero-order valence-electron chi connectivity index (χ0n) is 13.7.